The van der Waals surface area contributed by atoms with Crippen molar-refractivity contribution >= 4 is 27.4 Å². The van der Waals surface area contributed by atoms with Gasteiger partial charge in [0.15, 0.2) is 11.6 Å². The number of aryl methyl sites for hydroxylation is 1. The zero-order chi connectivity index (χ0) is 18.5. The van der Waals surface area contributed by atoms with Gasteiger partial charge in [-0.15, -0.1) is 21.5 Å². The van der Waals surface area contributed by atoms with Crippen molar-refractivity contribution in [2.24, 2.45) is 0 Å². The van der Waals surface area contributed by atoms with E-state index in [0.717, 1.165) is 26.1 Å². The minimum Gasteiger partial charge on any atom is -0.388 e. The van der Waals surface area contributed by atoms with Gasteiger partial charge in [0.05, 0.1) is 11.9 Å². The number of aliphatic hydroxyl groups is 1. The first-order valence-electron chi connectivity index (χ1n) is 8.05. The standard InChI is InChI=1S/C15H15F3N6OS/c1-2-8-5-9-12(19-10(7-25)20-13(9)26-8)23-3-4-24-11(6-23)21-22-14(24)15(16,17)18/h5,25H,2-4,6-7H2,1H3. The highest BCUT2D eigenvalue weighted by molar-refractivity contribution is 7.18. The third-order valence-corrected chi connectivity index (χ3v) is 5.44. The summed E-state index contributed by atoms with van der Waals surface area (Å²) in [5, 5.41) is 17.3. The summed E-state index contributed by atoms with van der Waals surface area (Å²) in [6.07, 6.45) is -3.68. The van der Waals surface area contributed by atoms with Crippen LogP contribution in [0.5, 0.6) is 0 Å². The van der Waals surface area contributed by atoms with Gasteiger partial charge in [-0.3, -0.25) is 0 Å². The van der Waals surface area contributed by atoms with E-state index < -0.39 is 12.0 Å². The maximum Gasteiger partial charge on any atom is 0.451 e. The Morgan fingerprint density at radius 3 is 2.73 bits per heavy atom. The highest BCUT2D eigenvalue weighted by atomic mass is 32.1. The van der Waals surface area contributed by atoms with Gasteiger partial charge in [0.1, 0.15) is 17.3 Å². The molecule has 0 bridgehead atoms. The Hall–Kier alpha value is -2.27. The van der Waals surface area contributed by atoms with Gasteiger partial charge in [-0.1, -0.05) is 6.92 Å². The fourth-order valence-electron chi connectivity index (χ4n) is 3.03. The molecule has 0 unspecified atom stereocenters. The van der Waals surface area contributed by atoms with Crippen LogP contribution >= 0.6 is 11.3 Å². The zero-order valence-corrected chi connectivity index (χ0v) is 14.6. The van der Waals surface area contributed by atoms with Gasteiger partial charge < -0.3 is 14.6 Å². The van der Waals surface area contributed by atoms with Gasteiger partial charge in [-0.05, 0) is 12.5 Å². The number of aromatic nitrogens is 5. The molecule has 4 heterocycles. The molecule has 3 aromatic heterocycles. The Kier molecular flexibility index (Phi) is 4.07. The number of hydrogen-bond donors (Lipinski definition) is 1. The molecule has 0 saturated heterocycles. The van der Waals surface area contributed by atoms with Gasteiger partial charge >= 0.3 is 6.18 Å². The molecule has 0 fully saturated rings. The fraction of sp³-hybridized carbons (Fsp3) is 0.467. The lowest BCUT2D eigenvalue weighted by molar-refractivity contribution is -0.147. The van der Waals surface area contributed by atoms with Crippen molar-refractivity contribution in [1.82, 2.24) is 24.7 Å². The van der Waals surface area contributed by atoms with E-state index in [4.69, 9.17) is 0 Å². The molecule has 1 N–H and O–H groups in total. The van der Waals surface area contributed by atoms with Crippen LogP contribution in [0.2, 0.25) is 0 Å². The van der Waals surface area contributed by atoms with Crippen LogP contribution in [0.4, 0.5) is 19.0 Å². The molecule has 1 aliphatic rings. The molecule has 0 aromatic carbocycles. The van der Waals surface area contributed by atoms with Crippen LogP contribution in [0, 0.1) is 0 Å². The average molecular weight is 384 g/mol. The van der Waals surface area contributed by atoms with Crippen LogP contribution in [0.15, 0.2) is 6.07 Å². The molecule has 138 valence electrons. The second kappa shape index (κ2) is 6.16. The summed E-state index contributed by atoms with van der Waals surface area (Å²) in [5.74, 6) is 0.171. The van der Waals surface area contributed by atoms with Crippen molar-refractivity contribution in [1.29, 1.82) is 0 Å². The molecule has 11 heteroatoms. The van der Waals surface area contributed by atoms with Crippen LogP contribution in [-0.2, 0) is 32.3 Å². The SMILES string of the molecule is CCc1cc2c(N3CCn4c(nnc4C(F)(F)F)C3)nc(CO)nc2s1. The smallest absolute Gasteiger partial charge is 0.388 e. The molecule has 0 amide bonds. The number of anilines is 1. The van der Waals surface area contributed by atoms with Crippen molar-refractivity contribution in [2.75, 3.05) is 11.4 Å². The predicted molar refractivity (Wildman–Crippen MR) is 88.8 cm³/mol. The number of hydrogen-bond acceptors (Lipinski definition) is 7. The summed E-state index contributed by atoms with van der Waals surface area (Å²) in [4.78, 5) is 12.5. The highest BCUT2D eigenvalue weighted by Crippen LogP contribution is 2.34. The average Bonchev–Trinajstić information content (AvgIpc) is 3.23. The number of fused-ring (bicyclic) bond motifs is 2. The lowest BCUT2D eigenvalue weighted by Gasteiger charge is -2.29. The third kappa shape index (κ3) is 2.80. The minimum absolute atomic E-state index is 0.113. The number of alkyl halides is 3. The Labute approximate surface area is 150 Å². The van der Waals surface area contributed by atoms with Gasteiger partial charge in [0.25, 0.3) is 0 Å². The lowest BCUT2D eigenvalue weighted by Crippen LogP contribution is -2.36. The van der Waals surface area contributed by atoms with Crippen molar-refractivity contribution in [3.05, 3.63) is 28.4 Å². The van der Waals surface area contributed by atoms with E-state index in [1.807, 2.05) is 17.9 Å². The second-order valence-corrected chi connectivity index (χ2v) is 7.03. The quantitative estimate of drug-likeness (QED) is 0.747. The van der Waals surface area contributed by atoms with E-state index in [9.17, 15) is 18.3 Å². The number of thiophene rings is 1. The largest absolute Gasteiger partial charge is 0.451 e. The van der Waals surface area contributed by atoms with E-state index in [2.05, 4.69) is 20.2 Å². The number of aliphatic hydroxyl groups excluding tert-OH is 1. The van der Waals surface area contributed by atoms with Crippen LogP contribution in [0.1, 0.15) is 29.3 Å². The van der Waals surface area contributed by atoms with E-state index in [-0.39, 0.29) is 25.5 Å². The summed E-state index contributed by atoms with van der Waals surface area (Å²) in [6, 6.07) is 2.00. The van der Waals surface area contributed by atoms with Crippen LogP contribution in [0.3, 0.4) is 0 Å². The van der Waals surface area contributed by atoms with Crippen molar-refractivity contribution < 1.29 is 18.3 Å². The lowest BCUT2D eigenvalue weighted by atomic mass is 10.2. The summed E-state index contributed by atoms with van der Waals surface area (Å²) in [7, 11) is 0. The molecule has 1 aliphatic heterocycles. The van der Waals surface area contributed by atoms with Crippen molar-refractivity contribution in [2.45, 2.75) is 39.2 Å². The first-order valence-corrected chi connectivity index (χ1v) is 8.86. The maximum absolute atomic E-state index is 13.0. The van der Waals surface area contributed by atoms with E-state index in [1.165, 1.54) is 11.3 Å². The summed E-state index contributed by atoms with van der Waals surface area (Å²) in [5.41, 5.74) is 0. The molecule has 0 atom stereocenters. The highest BCUT2D eigenvalue weighted by Gasteiger charge is 2.39. The van der Waals surface area contributed by atoms with Crippen LogP contribution < -0.4 is 4.90 Å². The number of rotatable bonds is 3. The van der Waals surface area contributed by atoms with E-state index in [1.54, 1.807) is 0 Å². The topological polar surface area (TPSA) is 80.0 Å². The van der Waals surface area contributed by atoms with Crippen LogP contribution in [0.25, 0.3) is 10.2 Å². The monoisotopic (exact) mass is 384 g/mol. The number of halogens is 3. The Morgan fingerprint density at radius 1 is 1.23 bits per heavy atom. The Balaban J connectivity index is 1.75. The fourth-order valence-corrected chi connectivity index (χ4v) is 4.01. The molecule has 0 aliphatic carbocycles. The van der Waals surface area contributed by atoms with E-state index >= 15 is 0 Å². The van der Waals surface area contributed by atoms with Crippen LogP contribution in [-0.4, -0.2) is 36.4 Å². The zero-order valence-electron chi connectivity index (χ0n) is 13.8. The van der Waals surface area contributed by atoms with Gasteiger partial charge in [-0.25, -0.2) is 9.97 Å². The first-order chi connectivity index (χ1) is 12.4. The molecule has 7 nitrogen and oxygen atoms in total. The Bertz CT molecular complexity index is 966. The Morgan fingerprint density at radius 2 is 2.04 bits per heavy atom. The first kappa shape index (κ1) is 17.2. The van der Waals surface area contributed by atoms with Crippen molar-refractivity contribution in [3.63, 3.8) is 0 Å². The molecular weight excluding hydrogens is 369 g/mol. The molecule has 0 spiro atoms. The molecule has 3 aromatic rings. The maximum atomic E-state index is 13.0. The third-order valence-electron chi connectivity index (χ3n) is 4.27. The summed E-state index contributed by atoms with van der Waals surface area (Å²) < 4.78 is 40.1. The molecule has 26 heavy (non-hydrogen) atoms. The molecule has 0 radical (unpaired) electrons. The second-order valence-electron chi connectivity index (χ2n) is 5.92. The van der Waals surface area contributed by atoms with E-state index in [0.29, 0.717) is 18.2 Å². The molecule has 0 saturated carbocycles. The summed E-state index contributed by atoms with van der Waals surface area (Å²) in [6.45, 7) is 2.35. The molecular formula is C15H15F3N6OS. The normalized spacial score (nSPS) is 14.9. The van der Waals surface area contributed by atoms with Gasteiger partial charge in [0.2, 0.25) is 5.82 Å². The molecule has 4 rings (SSSR count). The van der Waals surface area contributed by atoms with Crippen molar-refractivity contribution in [3.8, 4) is 0 Å². The minimum atomic E-state index is -4.52. The number of nitrogens with zero attached hydrogens (tertiary/aromatic N) is 6. The predicted octanol–water partition coefficient (Wildman–Crippen LogP) is 2.38. The summed E-state index contributed by atoms with van der Waals surface area (Å²) >= 11 is 1.53. The van der Waals surface area contributed by atoms with Gasteiger partial charge in [-0.2, -0.15) is 13.2 Å². The van der Waals surface area contributed by atoms with Gasteiger partial charge in [0, 0.05) is 18.0 Å².